The van der Waals surface area contributed by atoms with Gasteiger partial charge in [0.05, 0.1) is 10.3 Å². The van der Waals surface area contributed by atoms with Gasteiger partial charge in [-0.15, -0.1) is 11.3 Å². The smallest absolute Gasteiger partial charge is 0.345 e. The SMILES string of the molecule is O=C1CN(S(=O)(=O)c2cc(C(=O)O)sc2Br)CCCN1. The molecule has 1 fully saturated rings. The van der Waals surface area contributed by atoms with E-state index in [1.165, 1.54) is 0 Å². The van der Waals surface area contributed by atoms with Gasteiger partial charge in [0.15, 0.2) is 0 Å². The Hall–Kier alpha value is -0.970. The summed E-state index contributed by atoms with van der Waals surface area (Å²) in [5.74, 6) is -1.55. The van der Waals surface area contributed by atoms with Crippen LogP contribution in [0.2, 0.25) is 0 Å². The number of carbonyl (C=O) groups is 2. The van der Waals surface area contributed by atoms with Crippen LogP contribution in [0.25, 0.3) is 0 Å². The Balaban J connectivity index is 2.38. The summed E-state index contributed by atoms with van der Waals surface area (Å²) in [5.41, 5.74) is 0. The fourth-order valence-electron chi connectivity index (χ4n) is 1.76. The number of hydrogen-bond acceptors (Lipinski definition) is 5. The summed E-state index contributed by atoms with van der Waals surface area (Å²) in [7, 11) is -3.89. The van der Waals surface area contributed by atoms with Crippen LogP contribution in [0.1, 0.15) is 16.1 Å². The van der Waals surface area contributed by atoms with Gasteiger partial charge in [0.2, 0.25) is 15.9 Å². The van der Waals surface area contributed by atoms with E-state index in [1.807, 2.05) is 0 Å². The molecule has 1 aliphatic heterocycles. The highest BCUT2D eigenvalue weighted by atomic mass is 79.9. The Morgan fingerprint density at radius 2 is 2.20 bits per heavy atom. The molecule has 7 nitrogen and oxygen atoms in total. The van der Waals surface area contributed by atoms with E-state index < -0.39 is 16.0 Å². The van der Waals surface area contributed by atoms with Crippen molar-refractivity contribution in [1.29, 1.82) is 0 Å². The molecule has 0 saturated carbocycles. The first-order chi connectivity index (χ1) is 9.32. The molecule has 0 radical (unpaired) electrons. The second kappa shape index (κ2) is 5.80. The van der Waals surface area contributed by atoms with Crippen molar-refractivity contribution >= 4 is 49.2 Å². The Kier molecular flexibility index (Phi) is 4.47. The molecule has 0 aliphatic carbocycles. The van der Waals surface area contributed by atoms with Gasteiger partial charge in [-0.3, -0.25) is 4.79 Å². The highest BCUT2D eigenvalue weighted by Gasteiger charge is 2.31. The van der Waals surface area contributed by atoms with Crippen molar-refractivity contribution in [3.05, 3.63) is 14.7 Å². The molecule has 0 bridgehead atoms. The minimum atomic E-state index is -3.89. The Bertz CT molecular complexity index is 655. The van der Waals surface area contributed by atoms with Crippen LogP contribution < -0.4 is 5.32 Å². The molecular formula is C10H11BrN2O5S2. The zero-order valence-electron chi connectivity index (χ0n) is 10.1. The Morgan fingerprint density at radius 3 is 2.80 bits per heavy atom. The number of halogens is 1. The quantitative estimate of drug-likeness (QED) is 0.801. The zero-order chi connectivity index (χ0) is 14.9. The largest absolute Gasteiger partial charge is 0.477 e. The van der Waals surface area contributed by atoms with Gasteiger partial charge < -0.3 is 10.4 Å². The predicted molar refractivity (Wildman–Crippen MR) is 75.4 cm³/mol. The molecule has 110 valence electrons. The van der Waals surface area contributed by atoms with Gasteiger partial charge in [-0.2, -0.15) is 4.31 Å². The lowest BCUT2D eigenvalue weighted by Gasteiger charge is -2.18. The van der Waals surface area contributed by atoms with Gasteiger partial charge in [0.25, 0.3) is 0 Å². The van der Waals surface area contributed by atoms with E-state index in [1.54, 1.807) is 0 Å². The van der Waals surface area contributed by atoms with E-state index in [0.29, 0.717) is 13.0 Å². The molecule has 0 aromatic carbocycles. The first kappa shape index (κ1) is 15.4. The second-order valence-electron chi connectivity index (χ2n) is 4.10. The first-order valence-corrected chi connectivity index (χ1v) is 8.67. The van der Waals surface area contributed by atoms with E-state index in [0.717, 1.165) is 21.7 Å². The monoisotopic (exact) mass is 382 g/mol. The fourth-order valence-corrected chi connectivity index (χ4v) is 5.54. The summed E-state index contributed by atoms with van der Waals surface area (Å²) in [4.78, 5) is 22.2. The van der Waals surface area contributed by atoms with E-state index in [9.17, 15) is 18.0 Å². The van der Waals surface area contributed by atoms with Crippen LogP contribution in [0.5, 0.6) is 0 Å². The molecule has 0 spiro atoms. The average Bonchev–Trinajstić information content (AvgIpc) is 2.62. The number of carbonyl (C=O) groups excluding carboxylic acids is 1. The maximum absolute atomic E-state index is 12.5. The number of thiophene rings is 1. The first-order valence-electron chi connectivity index (χ1n) is 5.62. The molecule has 1 amide bonds. The fraction of sp³-hybridized carbons (Fsp3) is 0.400. The number of nitrogens with one attached hydrogen (secondary N) is 1. The lowest BCUT2D eigenvalue weighted by molar-refractivity contribution is -0.120. The van der Waals surface area contributed by atoms with E-state index in [4.69, 9.17) is 5.11 Å². The number of nitrogens with zero attached hydrogens (tertiary/aromatic N) is 1. The van der Waals surface area contributed by atoms with Gasteiger partial charge in [-0.25, -0.2) is 13.2 Å². The van der Waals surface area contributed by atoms with Crippen molar-refractivity contribution in [2.45, 2.75) is 11.3 Å². The summed E-state index contributed by atoms with van der Waals surface area (Å²) < 4.78 is 26.2. The molecule has 1 aromatic heterocycles. The molecule has 2 rings (SSSR count). The standard InChI is InChI=1S/C10H11BrN2O5S2/c11-9-7(4-6(19-9)10(15)16)20(17,18)13-3-1-2-12-8(14)5-13/h4H,1-3,5H2,(H,12,14)(H,15,16). The van der Waals surface area contributed by atoms with Crippen LogP contribution in [0.3, 0.4) is 0 Å². The zero-order valence-corrected chi connectivity index (χ0v) is 13.3. The topological polar surface area (TPSA) is 104 Å². The molecule has 10 heteroatoms. The summed E-state index contributed by atoms with van der Waals surface area (Å²) >= 11 is 3.90. The number of amides is 1. The number of carboxylic acid groups (broad SMARTS) is 1. The van der Waals surface area contributed by atoms with E-state index >= 15 is 0 Å². The molecule has 2 heterocycles. The average molecular weight is 383 g/mol. The maximum atomic E-state index is 12.5. The number of aromatic carboxylic acids is 1. The van der Waals surface area contributed by atoms with Gasteiger partial charge >= 0.3 is 5.97 Å². The predicted octanol–water partition coefficient (Wildman–Crippen LogP) is 0.719. The van der Waals surface area contributed by atoms with Gasteiger partial charge in [0.1, 0.15) is 9.77 Å². The van der Waals surface area contributed by atoms with E-state index in [2.05, 4.69) is 21.2 Å². The molecule has 0 unspecified atom stereocenters. The summed E-state index contributed by atoms with van der Waals surface area (Å²) in [6.07, 6.45) is 0.512. The van der Waals surface area contributed by atoms with Crippen molar-refractivity contribution in [2.75, 3.05) is 19.6 Å². The van der Waals surface area contributed by atoms with Crippen molar-refractivity contribution < 1.29 is 23.1 Å². The molecule has 0 atom stereocenters. The summed E-state index contributed by atoms with van der Waals surface area (Å²) in [6, 6.07) is 1.11. The summed E-state index contributed by atoms with van der Waals surface area (Å²) in [5, 5.41) is 11.5. The molecule has 1 aromatic rings. The molecular weight excluding hydrogens is 372 g/mol. The molecule has 20 heavy (non-hydrogen) atoms. The minimum absolute atomic E-state index is 0.0743. The number of rotatable bonds is 3. The van der Waals surface area contributed by atoms with Crippen LogP contribution in [0, 0.1) is 0 Å². The van der Waals surface area contributed by atoms with Crippen LogP contribution in [0.15, 0.2) is 14.7 Å². The van der Waals surface area contributed by atoms with Crippen molar-refractivity contribution in [1.82, 2.24) is 9.62 Å². The normalized spacial score (nSPS) is 17.6. The van der Waals surface area contributed by atoms with Crippen LogP contribution in [0.4, 0.5) is 0 Å². The maximum Gasteiger partial charge on any atom is 0.345 e. The van der Waals surface area contributed by atoms with Gasteiger partial charge in [-0.05, 0) is 28.4 Å². The Labute approximate surface area is 127 Å². The lowest BCUT2D eigenvalue weighted by Crippen LogP contribution is -2.37. The highest BCUT2D eigenvalue weighted by molar-refractivity contribution is 9.11. The minimum Gasteiger partial charge on any atom is -0.477 e. The van der Waals surface area contributed by atoms with Gasteiger partial charge in [-0.1, -0.05) is 0 Å². The van der Waals surface area contributed by atoms with E-state index in [-0.39, 0.29) is 32.6 Å². The molecule has 1 aliphatic rings. The third-order valence-corrected chi connectivity index (χ3v) is 6.80. The third-order valence-electron chi connectivity index (χ3n) is 2.71. The lowest BCUT2D eigenvalue weighted by atomic mass is 10.4. The summed E-state index contributed by atoms with van der Waals surface area (Å²) in [6.45, 7) is 0.384. The number of hydrogen-bond donors (Lipinski definition) is 2. The van der Waals surface area contributed by atoms with Gasteiger partial charge in [0, 0.05) is 13.1 Å². The van der Waals surface area contributed by atoms with Crippen molar-refractivity contribution in [3.8, 4) is 0 Å². The van der Waals surface area contributed by atoms with Crippen LogP contribution >= 0.6 is 27.3 Å². The van der Waals surface area contributed by atoms with Crippen LogP contribution in [-0.4, -0.2) is 49.3 Å². The number of sulfonamides is 1. The van der Waals surface area contributed by atoms with Crippen LogP contribution in [-0.2, 0) is 14.8 Å². The van der Waals surface area contributed by atoms with Crippen molar-refractivity contribution in [3.63, 3.8) is 0 Å². The molecule has 1 saturated heterocycles. The highest BCUT2D eigenvalue weighted by Crippen LogP contribution is 2.33. The van der Waals surface area contributed by atoms with Crippen molar-refractivity contribution in [2.24, 2.45) is 0 Å². The molecule has 2 N–H and O–H groups in total. The third kappa shape index (κ3) is 3.03. The Morgan fingerprint density at radius 1 is 1.50 bits per heavy atom. The number of carboxylic acids is 1. The second-order valence-corrected chi connectivity index (χ2v) is 8.37.